The van der Waals surface area contributed by atoms with Crippen molar-refractivity contribution in [1.29, 1.82) is 0 Å². The van der Waals surface area contributed by atoms with Crippen molar-refractivity contribution in [3.63, 3.8) is 0 Å². The van der Waals surface area contributed by atoms with Gasteiger partial charge >= 0.3 is 6.09 Å². The first-order chi connectivity index (χ1) is 10.7. The van der Waals surface area contributed by atoms with Gasteiger partial charge in [-0.25, -0.2) is 9.18 Å². The van der Waals surface area contributed by atoms with Crippen molar-refractivity contribution >= 4 is 29.6 Å². The van der Waals surface area contributed by atoms with E-state index in [0.29, 0.717) is 10.7 Å². The molecule has 0 bridgehead atoms. The van der Waals surface area contributed by atoms with E-state index in [2.05, 4.69) is 15.0 Å². The van der Waals surface area contributed by atoms with Gasteiger partial charge in [0, 0.05) is 11.1 Å². The summed E-state index contributed by atoms with van der Waals surface area (Å²) in [7, 11) is 0. The molecule has 1 aromatic rings. The fraction of sp³-hybridized carbons (Fsp3) is 0.600. The molecule has 1 saturated carbocycles. The van der Waals surface area contributed by atoms with Crippen LogP contribution in [0.2, 0.25) is 5.02 Å². The summed E-state index contributed by atoms with van der Waals surface area (Å²) in [5, 5.41) is 3.05. The molecule has 23 heavy (non-hydrogen) atoms. The van der Waals surface area contributed by atoms with Crippen molar-refractivity contribution in [2.75, 3.05) is 6.67 Å². The van der Waals surface area contributed by atoms with Crippen molar-refractivity contribution in [2.24, 2.45) is 0 Å². The number of rotatable bonds is 6. The lowest BCUT2D eigenvalue weighted by Gasteiger charge is -2.19. The Bertz CT molecular complexity index is 576. The van der Waals surface area contributed by atoms with Crippen molar-refractivity contribution in [2.45, 2.75) is 56.2 Å². The minimum Gasteiger partial charge on any atom is -0.444 e. The van der Waals surface area contributed by atoms with Gasteiger partial charge in [-0.3, -0.25) is 9.71 Å². The maximum atomic E-state index is 12.8. The highest BCUT2D eigenvalue weighted by Gasteiger charge is 2.42. The number of alkyl halides is 1. The van der Waals surface area contributed by atoms with Crippen molar-refractivity contribution in [1.82, 2.24) is 15.0 Å². The third-order valence-electron chi connectivity index (χ3n) is 3.19. The molecule has 1 aliphatic rings. The predicted octanol–water partition coefficient (Wildman–Crippen LogP) is 3.86. The molecule has 5 nitrogen and oxygen atoms in total. The summed E-state index contributed by atoms with van der Waals surface area (Å²) >= 11 is 7.50. The molecule has 1 aromatic heterocycles. The number of halogens is 2. The zero-order chi connectivity index (χ0) is 17.1. The monoisotopic (exact) mass is 361 g/mol. The Morgan fingerprint density at radius 3 is 2.74 bits per heavy atom. The second-order valence-electron chi connectivity index (χ2n) is 6.57. The van der Waals surface area contributed by atoms with Crippen LogP contribution in [0.25, 0.3) is 0 Å². The molecular weight excluding hydrogens is 341 g/mol. The fourth-order valence-corrected chi connectivity index (χ4v) is 2.86. The molecule has 0 atom stereocenters. The van der Waals surface area contributed by atoms with Crippen molar-refractivity contribution in [3.8, 4) is 0 Å². The second-order valence-corrected chi connectivity index (χ2v) is 7.86. The number of ether oxygens (including phenoxy) is 1. The lowest BCUT2D eigenvalue weighted by molar-refractivity contribution is 0.0523. The van der Waals surface area contributed by atoms with E-state index < -0.39 is 11.7 Å². The van der Waals surface area contributed by atoms with Crippen LogP contribution in [0.15, 0.2) is 17.2 Å². The standard InChI is InChI=1S/C15H21ClFN3O2S/c1-14(2,3)22-13(21)19-8-12-11(16)6-10(7-18-12)23-20-15(9-17)4-5-15/h6-7,20H,4-5,8-9H2,1-3H3,(H,19,21). The van der Waals surface area contributed by atoms with Crippen LogP contribution in [-0.2, 0) is 11.3 Å². The number of hydrogen-bond donors (Lipinski definition) is 2. The molecule has 1 heterocycles. The minimum atomic E-state index is -0.553. The van der Waals surface area contributed by atoms with Crippen LogP contribution in [0.1, 0.15) is 39.3 Å². The molecule has 2 N–H and O–H groups in total. The van der Waals surface area contributed by atoms with Gasteiger partial charge in [0.05, 0.1) is 22.8 Å². The van der Waals surface area contributed by atoms with Gasteiger partial charge in [0.2, 0.25) is 0 Å². The van der Waals surface area contributed by atoms with E-state index in [1.165, 1.54) is 11.9 Å². The number of nitrogens with zero attached hydrogens (tertiary/aromatic N) is 1. The van der Waals surface area contributed by atoms with Crippen LogP contribution in [0, 0.1) is 0 Å². The molecule has 1 fully saturated rings. The highest BCUT2D eigenvalue weighted by atomic mass is 35.5. The normalized spacial score (nSPS) is 16.0. The van der Waals surface area contributed by atoms with Gasteiger partial charge in [-0.05, 0) is 51.6 Å². The van der Waals surface area contributed by atoms with E-state index in [4.69, 9.17) is 16.3 Å². The third-order valence-corrected chi connectivity index (χ3v) is 4.51. The summed E-state index contributed by atoms with van der Waals surface area (Å²) in [4.78, 5) is 16.6. The summed E-state index contributed by atoms with van der Waals surface area (Å²) in [6.07, 6.45) is 2.81. The Labute approximate surface area is 144 Å². The van der Waals surface area contributed by atoms with E-state index in [1.807, 2.05) is 0 Å². The molecule has 0 aromatic carbocycles. The molecule has 128 valence electrons. The van der Waals surface area contributed by atoms with Crippen LogP contribution in [0.3, 0.4) is 0 Å². The summed E-state index contributed by atoms with van der Waals surface area (Å²) in [5.41, 5.74) is -0.384. The molecule has 0 unspecified atom stereocenters. The number of pyridine rings is 1. The van der Waals surface area contributed by atoms with Gasteiger partial charge in [0.1, 0.15) is 12.3 Å². The van der Waals surface area contributed by atoms with Crippen LogP contribution < -0.4 is 10.0 Å². The average Bonchev–Trinajstić information content (AvgIpc) is 3.23. The smallest absolute Gasteiger partial charge is 0.407 e. The highest BCUT2D eigenvalue weighted by molar-refractivity contribution is 7.97. The molecule has 0 aliphatic heterocycles. The topological polar surface area (TPSA) is 63.2 Å². The lowest BCUT2D eigenvalue weighted by atomic mass is 10.2. The number of nitrogens with one attached hydrogen (secondary N) is 2. The summed E-state index contributed by atoms with van der Waals surface area (Å²) < 4.78 is 21.1. The minimum absolute atomic E-state index is 0.181. The van der Waals surface area contributed by atoms with Crippen LogP contribution in [0.5, 0.6) is 0 Å². The molecular formula is C15H21ClFN3O2S. The number of carbonyl (C=O) groups excluding carboxylic acids is 1. The maximum Gasteiger partial charge on any atom is 0.407 e. The average molecular weight is 362 g/mol. The first kappa shape index (κ1) is 18.3. The summed E-state index contributed by atoms with van der Waals surface area (Å²) in [6, 6.07) is 1.74. The van der Waals surface area contributed by atoms with E-state index >= 15 is 0 Å². The van der Waals surface area contributed by atoms with E-state index in [0.717, 1.165) is 17.7 Å². The van der Waals surface area contributed by atoms with Gasteiger partial charge in [-0.1, -0.05) is 11.6 Å². The van der Waals surface area contributed by atoms with E-state index in [-0.39, 0.29) is 18.8 Å². The molecule has 2 rings (SSSR count). The Hall–Kier alpha value is -1.05. The van der Waals surface area contributed by atoms with Crippen molar-refractivity contribution < 1.29 is 13.9 Å². The van der Waals surface area contributed by atoms with Gasteiger partial charge in [-0.2, -0.15) is 0 Å². The third kappa shape index (κ3) is 5.82. The number of carbonyl (C=O) groups is 1. The summed E-state index contributed by atoms with van der Waals surface area (Å²) in [5.74, 6) is 0. The maximum absolute atomic E-state index is 12.8. The van der Waals surface area contributed by atoms with Crippen LogP contribution >= 0.6 is 23.5 Å². The first-order valence-electron chi connectivity index (χ1n) is 7.34. The van der Waals surface area contributed by atoms with E-state index in [9.17, 15) is 9.18 Å². The van der Waals surface area contributed by atoms with Crippen molar-refractivity contribution in [3.05, 3.63) is 23.0 Å². The highest BCUT2D eigenvalue weighted by Crippen LogP contribution is 2.38. The molecule has 0 saturated heterocycles. The number of aromatic nitrogens is 1. The summed E-state index contributed by atoms with van der Waals surface area (Å²) in [6.45, 7) is 5.18. The zero-order valence-electron chi connectivity index (χ0n) is 13.4. The fourth-order valence-electron chi connectivity index (χ4n) is 1.69. The van der Waals surface area contributed by atoms with Gasteiger partial charge in [0.15, 0.2) is 0 Å². The molecule has 1 aliphatic carbocycles. The molecule has 0 radical (unpaired) electrons. The predicted molar refractivity (Wildman–Crippen MR) is 89.3 cm³/mol. The number of hydrogen-bond acceptors (Lipinski definition) is 5. The Morgan fingerprint density at radius 2 is 2.22 bits per heavy atom. The molecule has 1 amide bonds. The number of alkyl carbamates (subject to hydrolysis) is 1. The Morgan fingerprint density at radius 1 is 1.52 bits per heavy atom. The second kappa shape index (κ2) is 7.23. The Balaban J connectivity index is 1.85. The number of amides is 1. The van der Waals surface area contributed by atoms with Crippen LogP contribution in [-0.4, -0.2) is 28.9 Å². The first-order valence-corrected chi connectivity index (χ1v) is 8.54. The Kier molecular flexibility index (Phi) is 5.75. The lowest BCUT2D eigenvalue weighted by Crippen LogP contribution is -2.32. The largest absolute Gasteiger partial charge is 0.444 e. The van der Waals surface area contributed by atoms with Gasteiger partial charge in [-0.15, -0.1) is 0 Å². The molecule has 8 heteroatoms. The zero-order valence-corrected chi connectivity index (χ0v) is 15.0. The van der Waals surface area contributed by atoms with E-state index in [1.54, 1.807) is 33.0 Å². The van der Waals surface area contributed by atoms with Gasteiger partial charge in [0.25, 0.3) is 0 Å². The SMILES string of the molecule is CC(C)(C)OC(=O)NCc1ncc(SNC2(CF)CC2)cc1Cl. The quantitative estimate of drug-likeness (QED) is 0.753. The van der Waals surface area contributed by atoms with Crippen LogP contribution in [0.4, 0.5) is 9.18 Å². The molecule has 0 spiro atoms. The van der Waals surface area contributed by atoms with Gasteiger partial charge < -0.3 is 10.1 Å².